The molecule has 1 N–H and O–H groups in total. The van der Waals surface area contributed by atoms with Crippen LogP contribution in [-0.2, 0) is 10.2 Å². The summed E-state index contributed by atoms with van der Waals surface area (Å²) in [6.45, 7) is 6.47. The van der Waals surface area contributed by atoms with Gasteiger partial charge in [-0.1, -0.05) is 51.1 Å². The summed E-state index contributed by atoms with van der Waals surface area (Å²) in [7, 11) is 0. The Labute approximate surface area is 195 Å². The summed E-state index contributed by atoms with van der Waals surface area (Å²) in [5.74, 6) is -0.415. The van der Waals surface area contributed by atoms with Crippen LogP contribution in [-0.4, -0.2) is 23.6 Å². The van der Waals surface area contributed by atoms with Crippen LogP contribution in [0, 0.1) is 0 Å². The minimum atomic E-state index is -0.776. The van der Waals surface area contributed by atoms with Crippen LogP contribution in [0.4, 0.5) is 5.69 Å². The van der Waals surface area contributed by atoms with Gasteiger partial charge in [-0.2, -0.15) is 0 Å². The molecule has 6 nitrogen and oxygen atoms in total. The fourth-order valence-corrected chi connectivity index (χ4v) is 4.84. The molecule has 1 amide bonds. The summed E-state index contributed by atoms with van der Waals surface area (Å²) in [4.78, 5) is 28.6. The highest BCUT2D eigenvalue weighted by Gasteiger charge is 2.45. The van der Waals surface area contributed by atoms with Crippen LogP contribution in [0.1, 0.15) is 47.6 Å². The van der Waals surface area contributed by atoms with Crippen molar-refractivity contribution >= 4 is 28.7 Å². The molecule has 5 rings (SSSR count). The third kappa shape index (κ3) is 3.58. The number of carbonyl (C=O) groups is 2. The van der Waals surface area contributed by atoms with Gasteiger partial charge < -0.3 is 14.6 Å². The average molecular weight is 462 g/mol. The third-order valence-corrected chi connectivity index (χ3v) is 6.79. The number of aliphatic hydroxyl groups is 1. The van der Waals surface area contributed by atoms with Crippen LogP contribution in [0.15, 0.2) is 71.3 Å². The number of rotatable bonds is 4. The number of carbonyl (C=O) groups excluding carboxylic acids is 2. The number of ketones is 1. The van der Waals surface area contributed by atoms with Gasteiger partial charge in [0.2, 0.25) is 12.6 Å². The highest BCUT2D eigenvalue weighted by molar-refractivity contribution is 7.12. The van der Waals surface area contributed by atoms with Crippen molar-refractivity contribution in [1.82, 2.24) is 0 Å². The number of Topliss-reactive ketones (excluding diaryl/α,β-unsaturated/α-hetero) is 1. The molecular weight excluding hydrogens is 438 g/mol. The Morgan fingerprint density at radius 1 is 1.06 bits per heavy atom. The minimum Gasteiger partial charge on any atom is -0.503 e. The number of amides is 1. The second-order valence-electron chi connectivity index (χ2n) is 9.06. The summed E-state index contributed by atoms with van der Waals surface area (Å²) in [5.41, 5.74) is 2.40. The molecule has 1 unspecified atom stereocenters. The smallest absolute Gasteiger partial charge is 0.294 e. The van der Waals surface area contributed by atoms with Crippen molar-refractivity contribution in [2.24, 2.45) is 0 Å². The molecule has 0 radical (unpaired) electrons. The molecule has 2 aliphatic rings. The third-order valence-electron chi connectivity index (χ3n) is 5.92. The van der Waals surface area contributed by atoms with Crippen molar-refractivity contribution in [3.63, 3.8) is 0 Å². The van der Waals surface area contributed by atoms with E-state index in [-0.39, 0.29) is 23.6 Å². The lowest BCUT2D eigenvalue weighted by Gasteiger charge is -2.28. The molecule has 0 bridgehead atoms. The number of fused-ring (bicyclic) bond motifs is 1. The number of hydrogen-bond donors (Lipinski definition) is 1. The van der Waals surface area contributed by atoms with Crippen LogP contribution in [0.2, 0.25) is 0 Å². The highest BCUT2D eigenvalue weighted by Crippen LogP contribution is 2.45. The first-order valence-electron chi connectivity index (χ1n) is 10.6. The Balaban J connectivity index is 1.64. The van der Waals surface area contributed by atoms with E-state index in [1.807, 2.05) is 24.3 Å². The fraction of sp³-hybridized carbons (Fsp3) is 0.231. The summed E-state index contributed by atoms with van der Waals surface area (Å²) < 4.78 is 10.9. The van der Waals surface area contributed by atoms with Crippen LogP contribution in [0.3, 0.4) is 0 Å². The van der Waals surface area contributed by atoms with Crippen molar-refractivity contribution in [3.8, 4) is 11.5 Å². The molecular formula is C26H23NO5S. The Morgan fingerprint density at radius 2 is 1.79 bits per heavy atom. The minimum absolute atomic E-state index is 0.0470. The van der Waals surface area contributed by atoms with Crippen molar-refractivity contribution in [3.05, 3.63) is 87.3 Å². The molecule has 0 fully saturated rings. The molecule has 3 aromatic rings. The zero-order chi connectivity index (χ0) is 23.3. The molecule has 0 aliphatic carbocycles. The maximum absolute atomic E-state index is 13.4. The molecule has 1 aromatic heterocycles. The van der Waals surface area contributed by atoms with Gasteiger partial charge in [-0.15, -0.1) is 11.3 Å². The van der Waals surface area contributed by atoms with Gasteiger partial charge in [-0.25, -0.2) is 0 Å². The Hall–Kier alpha value is -3.58. The molecule has 2 aliphatic heterocycles. The first-order valence-corrected chi connectivity index (χ1v) is 11.5. The Bertz CT molecular complexity index is 1270. The van der Waals surface area contributed by atoms with Crippen LogP contribution >= 0.6 is 11.3 Å². The van der Waals surface area contributed by atoms with E-state index in [0.29, 0.717) is 22.1 Å². The van der Waals surface area contributed by atoms with Crippen LogP contribution < -0.4 is 14.4 Å². The van der Waals surface area contributed by atoms with Gasteiger partial charge in [-0.3, -0.25) is 14.5 Å². The normalized spacial score (nSPS) is 17.7. The van der Waals surface area contributed by atoms with E-state index in [9.17, 15) is 14.7 Å². The molecule has 0 spiro atoms. The zero-order valence-corrected chi connectivity index (χ0v) is 19.3. The van der Waals surface area contributed by atoms with E-state index in [1.165, 1.54) is 16.2 Å². The van der Waals surface area contributed by atoms with Gasteiger partial charge in [0.1, 0.15) is 0 Å². The Morgan fingerprint density at radius 3 is 2.45 bits per heavy atom. The van der Waals surface area contributed by atoms with E-state index in [1.54, 1.807) is 35.7 Å². The number of thiophene rings is 1. The second kappa shape index (κ2) is 7.78. The van der Waals surface area contributed by atoms with Gasteiger partial charge in [0, 0.05) is 11.8 Å². The number of benzene rings is 2. The predicted molar refractivity (Wildman–Crippen MR) is 126 cm³/mol. The average Bonchev–Trinajstić information content (AvgIpc) is 3.53. The van der Waals surface area contributed by atoms with Crippen molar-refractivity contribution in [1.29, 1.82) is 0 Å². The van der Waals surface area contributed by atoms with Gasteiger partial charge in [0.05, 0.1) is 16.5 Å². The zero-order valence-electron chi connectivity index (χ0n) is 18.5. The van der Waals surface area contributed by atoms with E-state index < -0.39 is 17.7 Å². The summed E-state index contributed by atoms with van der Waals surface area (Å²) >= 11 is 1.28. The molecule has 3 heterocycles. The molecule has 33 heavy (non-hydrogen) atoms. The monoisotopic (exact) mass is 461 g/mol. The predicted octanol–water partition coefficient (Wildman–Crippen LogP) is 5.56. The number of ether oxygens (including phenoxy) is 2. The number of nitrogens with zero attached hydrogens (tertiary/aromatic N) is 1. The Kier molecular flexibility index (Phi) is 5.01. The first kappa shape index (κ1) is 21.3. The number of aliphatic hydroxyl groups excluding tert-OH is 1. The van der Waals surface area contributed by atoms with Crippen LogP contribution in [0.5, 0.6) is 11.5 Å². The largest absolute Gasteiger partial charge is 0.503 e. The van der Waals surface area contributed by atoms with Crippen molar-refractivity contribution < 1.29 is 24.2 Å². The standard InChI is InChI=1S/C26H23NO5S/c1-26(2,3)16-8-6-15(7-9-16)22-21(23(28)20-5-4-12-33-20)24(29)25(30)27(22)17-10-11-18-19(13-17)32-14-31-18/h4-13,22,29H,14H2,1-3H3. The summed E-state index contributed by atoms with van der Waals surface area (Å²) in [6.07, 6.45) is 0. The highest BCUT2D eigenvalue weighted by atomic mass is 32.1. The topological polar surface area (TPSA) is 76.1 Å². The SMILES string of the molecule is CC(C)(C)c1ccc(C2C(C(=O)c3cccs3)=C(O)C(=O)N2c2ccc3c(c2)OCO3)cc1. The fourth-order valence-electron chi connectivity index (χ4n) is 4.16. The second-order valence-corrected chi connectivity index (χ2v) is 10.0. The lowest BCUT2D eigenvalue weighted by atomic mass is 9.85. The van der Waals surface area contributed by atoms with E-state index >= 15 is 0 Å². The van der Waals surface area contributed by atoms with Crippen LogP contribution in [0.25, 0.3) is 0 Å². The maximum atomic E-state index is 13.4. The summed E-state index contributed by atoms with van der Waals surface area (Å²) in [5, 5.41) is 12.7. The summed E-state index contributed by atoms with van der Waals surface area (Å²) in [6, 6.07) is 15.7. The van der Waals surface area contributed by atoms with E-state index in [4.69, 9.17) is 9.47 Å². The molecule has 168 valence electrons. The lowest BCUT2D eigenvalue weighted by molar-refractivity contribution is -0.117. The van der Waals surface area contributed by atoms with E-state index in [0.717, 1.165) is 11.1 Å². The lowest BCUT2D eigenvalue weighted by Crippen LogP contribution is -2.31. The molecule has 2 aromatic carbocycles. The number of anilines is 1. The van der Waals surface area contributed by atoms with Gasteiger partial charge in [0.15, 0.2) is 17.3 Å². The first-order chi connectivity index (χ1) is 15.8. The van der Waals surface area contributed by atoms with E-state index in [2.05, 4.69) is 20.8 Å². The molecule has 1 atom stereocenters. The maximum Gasteiger partial charge on any atom is 0.294 e. The van der Waals surface area contributed by atoms with Gasteiger partial charge in [-0.05, 0) is 40.1 Å². The van der Waals surface area contributed by atoms with Gasteiger partial charge >= 0.3 is 0 Å². The van der Waals surface area contributed by atoms with Crippen molar-refractivity contribution in [2.45, 2.75) is 32.2 Å². The molecule has 0 saturated heterocycles. The van der Waals surface area contributed by atoms with Crippen molar-refractivity contribution in [2.75, 3.05) is 11.7 Å². The molecule has 7 heteroatoms. The number of hydrogen-bond acceptors (Lipinski definition) is 6. The van der Waals surface area contributed by atoms with Gasteiger partial charge in [0.25, 0.3) is 5.91 Å². The quantitative estimate of drug-likeness (QED) is 0.515. The molecule has 0 saturated carbocycles.